The zero-order valence-corrected chi connectivity index (χ0v) is 5.95. The topological polar surface area (TPSA) is 30.0 Å². The number of hydrogen-bond donors (Lipinski definition) is 0. The predicted octanol–water partition coefficient (Wildman–Crippen LogP) is 1.38. The summed E-state index contributed by atoms with van der Waals surface area (Å²) in [5.41, 5.74) is 1.82. The number of allylic oxidation sites excluding steroid dienone is 2. The van der Waals surface area contributed by atoms with Gasteiger partial charge in [0.25, 0.3) is 0 Å². The van der Waals surface area contributed by atoms with Crippen molar-refractivity contribution in [3.8, 4) is 0 Å². The van der Waals surface area contributed by atoms with E-state index in [0.717, 1.165) is 17.5 Å². The molecule has 0 atom stereocenters. The van der Waals surface area contributed by atoms with Crippen LogP contribution in [0.4, 0.5) is 0 Å². The molecule has 54 valence electrons. The van der Waals surface area contributed by atoms with E-state index in [2.05, 4.69) is 4.98 Å². The summed E-state index contributed by atoms with van der Waals surface area (Å²) in [6.07, 6.45) is 7.67. The Morgan fingerprint density at radius 3 is 3.18 bits per heavy atom. The number of ketones is 1. The maximum absolute atomic E-state index is 11.2. The van der Waals surface area contributed by atoms with Gasteiger partial charge in [-0.1, -0.05) is 6.08 Å². The standard InChI is InChI=1S/C9H7NO/c11-9-3-1-2-7-4-5-10-6-8(7)9/h1,3-6H,2H2. The van der Waals surface area contributed by atoms with Gasteiger partial charge in [-0.25, -0.2) is 0 Å². The van der Waals surface area contributed by atoms with Gasteiger partial charge in [0.1, 0.15) is 0 Å². The van der Waals surface area contributed by atoms with Gasteiger partial charge in [0.05, 0.1) is 0 Å². The molecule has 0 N–H and O–H groups in total. The first-order chi connectivity index (χ1) is 5.38. The van der Waals surface area contributed by atoms with E-state index in [1.165, 1.54) is 0 Å². The number of fused-ring (bicyclic) bond motifs is 1. The number of carbonyl (C=O) groups is 1. The van der Waals surface area contributed by atoms with Crippen molar-refractivity contribution in [3.63, 3.8) is 0 Å². The molecule has 0 radical (unpaired) electrons. The lowest BCUT2D eigenvalue weighted by molar-refractivity contribution is 0.104. The smallest absolute Gasteiger partial charge is 0.187 e. The molecule has 0 unspecified atom stereocenters. The molecule has 2 rings (SSSR count). The van der Waals surface area contributed by atoms with E-state index in [1.807, 2.05) is 12.1 Å². The first-order valence-corrected chi connectivity index (χ1v) is 3.52. The highest BCUT2D eigenvalue weighted by Crippen LogP contribution is 2.13. The van der Waals surface area contributed by atoms with Crippen LogP contribution in [0.2, 0.25) is 0 Å². The molecule has 2 nitrogen and oxygen atoms in total. The molecular weight excluding hydrogens is 138 g/mol. The van der Waals surface area contributed by atoms with E-state index in [9.17, 15) is 4.79 Å². The molecule has 0 saturated heterocycles. The summed E-state index contributed by atoms with van der Waals surface area (Å²) in [5, 5.41) is 0. The lowest BCUT2D eigenvalue weighted by atomic mass is 9.98. The second kappa shape index (κ2) is 2.31. The molecular formula is C9H7NO. The van der Waals surface area contributed by atoms with Crippen LogP contribution in [-0.4, -0.2) is 10.8 Å². The molecule has 11 heavy (non-hydrogen) atoms. The van der Waals surface area contributed by atoms with Gasteiger partial charge in [-0.15, -0.1) is 0 Å². The molecule has 0 aliphatic heterocycles. The Labute approximate surface area is 64.6 Å². The molecule has 0 amide bonds. The molecule has 0 fully saturated rings. The van der Waals surface area contributed by atoms with Gasteiger partial charge in [-0.05, 0) is 24.1 Å². The van der Waals surface area contributed by atoms with Gasteiger partial charge in [-0.2, -0.15) is 0 Å². The van der Waals surface area contributed by atoms with Gasteiger partial charge in [0.2, 0.25) is 0 Å². The van der Waals surface area contributed by atoms with E-state index in [-0.39, 0.29) is 5.78 Å². The van der Waals surface area contributed by atoms with Crippen molar-refractivity contribution in [1.82, 2.24) is 4.98 Å². The minimum absolute atomic E-state index is 0.0688. The van der Waals surface area contributed by atoms with Crippen molar-refractivity contribution in [3.05, 3.63) is 41.7 Å². The fourth-order valence-corrected chi connectivity index (χ4v) is 1.21. The van der Waals surface area contributed by atoms with Crippen molar-refractivity contribution < 1.29 is 4.79 Å². The van der Waals surface area contributed by atoms with E-state index < -0.39 is 0 Å². The Morgan fingerprint density at radius 1 is 1.45 bits per heavy atom. The SMILES string of the molecule is O=C1C=CCc2ccncc21. The highest BCUT2D eigenvalue weighted by atomic mass is 16.1. The van der Waals surface area contributed by atoms with E-state index >= 15 is 0 Å². The second-order valence-corrected chi connectivity index (χ2v) is 2.50. The minimum atomic E-state index is 0.0688. The number of pyridine rings is 1. The lowest BCUT2D eigenvalue weighted by Gasteiger charge is -2.06. The van der Waals surface area contributed by atoms with Crippen molar-refractivity contribution in [2.45, 2.75) is 6.42 Å². The van der Waals surface area contributed by atoms with Gasteiger partial charge >= 0.3 is 0 Å². The average molecular weight is 145 g/mol. The van der Waals surface area contributed by atoms with Crippen LogP contribution in [0.5, 0.6) is 0 Å². The minimum Gasteiger partial charge on any atom is -0.289 e. The van der Waals surface area contributed by atoms with Crippen molar-refractivity contribution in [2.75, 3.05) is 0 Å². The zero-order chi connectivity index (χ0) is 7.68. The molecule has 0 aromatic carbocycles. The maximum atomic E-state index is 11.2. The van der Waals surface area contributed by atoms with Crippen LogP contribution in [0.25, 0.3) is 0 Å². The maximum Gasteiger partial charge on any atom is 0.187 e. The summed E-state index contributed by atoms with van der Waals surface area (Å²) in [6, 6.07) is 1.89. The summed E-state index contributed by atoms with van der Waals surface area (Å²) in [4.78, 5) is 15.1. The number of carbonyl (C=O) groups excluding carboxylic acids is 1. The van der Waals surface area contributed by atoms with Crippen molar-refractivity contribution >= 4 is 5.78 Å². The average Bonchev–Trinajstić information content (AvgIpc) is 2.06. The normalized spacial score (nSPS) is 14.7. The number of rotatable bonds is 0. The summed E-state index contributed by atoms with van der Waals surface area (Å²) < 4.78 is 0. The molecule has 1 aliphatic carbocycles. The monoisotopic (exact) mass is 145 g/mol. The molecule has 1 aliphatic rings. The van der Waals surface area contributed by atoms with E-state index in [4.69, 9.17) is 0 Å². The van der Waals surface area contributed by atoms with Crippen LogP contribution >= 0.6 is 0 Å². The molecule has 0 spiro atoms. The quantitative estimate of drug-likeness (QED) is 0.552. The first-order valence-electron chi connectivity index (χ1n) is 3.52. The van der Waals surface area contributed by atoms with Crippen LogP contribution in [0.3, 0.4) is 0 Å². The predicted molar refractivity (Wildman–Crippen MR) is 41.4 cm³/mol. The molecule has 0 bridgehead atoms. The Hall–Kier alpha value is -1.44. The number of aromatic nitrogens is 1. The Bertz CT molecular complexity index is 328. The summed E-state index contributed by atoms with van der Waals surface area (Å²) >= 11 is 0. The first kappa shape index (κ1) is 6.28. The third-order valence-corrected chi connectivity index (χ3v) is 1.78. The third-order valence-electron chi connectivity index (χ3n) is 1.78. The van der Waals surface area contributed by atoms with Gasteiger partial charge in [0.15, 0.2) is 5.78 Å². The number of nitrogens with zero attached hydrogens (tertiary/aromatic N) is 1. The summed E-state index contributed by atoms with van der Waals surface area (Å²) in [6.45, 7) is 0. The lowest BCUT2D eigenvalue weighted by Crippen LogP contribution is -2.05. The highest BCUT2D eigenvalue weighted by Gasteiger charge is 2.10. The van der Waals surface area contributed by atoms with Gasteiger partial charge in [-0.3, -0.25) is 9.78 Å². The van der Waals surface area contributed by atoms with Gasteiger partial charge < -0.3 is 0 Å². The van der Waals surface area contributed by atoms with Gasteiger partial charge in [0, 0.05) is 18.0 Å². The Kier molecular flexibility index (Phi) is 1.32. The Balaban J connectivity index is 2.59. The highest BCUT2D eigenvalue weighted by molar-refractivity contribution is 6.06. The van der Waals surface area contributed by atoms with E-state index in [1.54, 1.807) is 18.5 Å². The van der Waals surface area contributed by atoms with Crippen LogP contribution < -0.4 is 0 Å². The summed E-state index contributed by atoms with van der Waals surface area (Å²) in [5.74, 6) is 0.0688. The third kappa shape index (κ3) is 0.963. The van der Waals surface area contributed by atoms with Crippen molar-refractivity contribution in [1.29, 1.82) is 0 Å². The molecule has 1 heterocycles. The van der Waals surface area contributed by atoms with Crippen LogP contribution in [-0.2, 0) is 6.42 Å². The van der Waals surface area contributed by atoms with E-state index in [0.29, 0.717) is 0 Å². The fraction of sp³-hybridized carbons (Fsp3) is 0.111. The van der Waals surface area contributed by atoms with Crippen LogP contribution in [0, 0.1) is 0 Å². The Morgan fingerprint density at radius 2 is 2.36 bits per heavy atom. The van der Waals surface area contributed by atoms with Crippen molar-refractivity contribution in [2.24, 2.45) is 0 Å². The van der Waals surface area contributed by atoms with Crippen LogP contribution in [0.1, 0.15) is 15.9 Å². The van der Waals surface area contributed by atoms with Crippen LogP contribution in [0.15, 0.2) is 30.6 Å². The largest absolute Gasteiger partial charge is 0.289 e. The molecule has 1 aromatic heterocycles. The summed E-state index contributed by atoms with van der Waals surface area (Å²) in [7, 11) is 0. The fourth-order valence-electron chi connectivity index (χ4n) is 1.21. The zero-order valence-electron chi connectivity index (χ0n) is 5.95. The molecule has 1 aromatic rings. The molecule has 2 heteroatoms. The number of hydrogen-bond acceptors (Lipinski definition) is 2. The second-order valence-electron chi connectivity index (χ2n) is 2.50. The molecule has 0 saturated carbocycles.